The van der Waals surface area contributed by atoms with Crippen LogP contribution >= 0.6 is 0 Å². The van der Waals surface area contributed by atoms with Crippen LogP contribution in [0.5, 0.6) is 6.01 Å². The zero-order valence-corrected chi connectivity index (χ0v) is 17.8. The minimum atomic E-state index is 0.364. The van der Waals surface area contributed by atoms with Crippen molar-refractivity contribution in [3.8, 4) is 6.01 Å². The molecule has 0 saturated heterocycles. The van der Waals surface area contributed by atoms with Crippen LogP contribution in [0.15, 0.2) is 0 Å². The highest BCUT2D eigenvalue weighted by atomic mass is 16.5. The fourth-order valence-corrected chi connectivity index (χ4v) is 3.12. The van der Waals surface area contributed by atoms with Gasteiger partial charge in [-0.05, 0) is 19.3 Å². The lowest BCUT2D eigenvalue weighted by molar-refractivity contribution is 0.0547. The van der Waals surface area contributed by atoms with Gasteiger partial charge in [0.05, 0.1) is 33.0 Å². The Kier molecular flexibility index (Phi) is 12.3. The molecule has 9 heteroatoms. The first-order chi connectivity index (χ1) is 14.3. The predicted octanol–water partition coefficient (Wildman–Crippen LogP) is 2.59. The average molecular weight is 411 g/mol. The van der Waals surface area contributed by atoms with E-state index in [4.69, 9.17) is 19.9 Å². The molecule has 0 amide bonds. The van der Waals surface area contributed by atoms with Gasteiger partial charge < -0.3 is 30.6 Å². The number of nitrogens with one attached hydrogen (secondary N) is 2. The number of hydrogen-bond acceptors (Lipinski definition) is 9. The molecule has 9 nitrogen and oxygen atoms in total. The zero-order valence-electron chi connectivity index (χ0n) is 17.8. The summed E-state index contributed by atoms with van der Waals surface area (Å²) in [5, 5.41) is 6.68. The Balaban J connectivity index is 1.84. The normalized spacial score (nSPS) is 15.1. The number of aromatic nitrogens is 3. The lowest BCUT2D eigenvalue weighted by Crippen LogP contribution is -2.21. The Bertz CT molecular complexity index is 541. The second-order valence-electron chi connectivity index (χ2n) is 7.24. The monoisotopic (exact) mass is 410 g/mol. The van der Waals surface area contributed by atoms with Crippen LogP contribution in [0, 0.1) is 0 Å². The Labute approximate surface area is 174 Å². The first-order valence-corrected chi connectivity index (χ1v) is 11.1. The number of hydrogen-bond donors (Lipinski definition) is 3. The number of rotatable bonds is 15. The number of nitrogens with two attached hydrogens (primary N) is 1. The Hall–Kier alpha value is -1.71. The van der Waals surface area contributed by atoms with E-state index in [1.807, 2.05) is 0 Å². The molecule has 1 aromatic heterocycles. The SMILES string of the molecule is CCCCOc1nc(NCCOCCOCCN)nc(NC2CCCCCC2)n1. The minimum absolute atomic E-state index is 0.364. The van der Waals surface area contributed by atoms with Gasteiger partial charge in [-0.1, -0.05) is 39.0 Å². The van der Waals surface area contributed by atoms with Crippen molar-refractivity contribution in [1.29, 1.82) is 0 Å². The number of nitrogens with zero attached hydrogens (tertiary/aromatic N) is 3. The third-order valence-electron chi connectivity index (χ3n) is 4.70. The van der Waals surface area contributed by atoms with Crippen LogP contribution in [0.1, 0.15) is 58.3 Å². The molecule has 0 bridgehead atoms. The molecule has 1 saturated carbocycles. The van der Waals surface area contributed by atoms with Crippen LogP contribution in [0.25, 0.3) is 0 Å². The number of ether oxygens (including phenoxy) is 3. The summed E-state index contributed by atoms with van der Waals surface area (Å²) >= 11 is 0. The average Bonchev–Trinajstić information content (AvgIpc) is 2.99. The van der Waals surface area contributed by atoms with Crippen LogP contribution in [-0.4, -0.2) is 67.1 Å². The van der Waals surface area contributed by atoms with Gasteiger partial charge in [-0.3, -0.25) is 0 Å². The summed E-state index contributed by atoms with van der Waals surface area (Å²) in [5.41, 5.74) is 5.37. The van der Waals surface area contributed by atoms with Crippen LogP contribution in [0.3, 0.4) is 0 Å². The molecule has 0 spiro atoms. The summed E-state index contributed by atoms with van der Waals surface area (Å²) < 4.78 is 16.5. The van der Waals surface area contributed by atoms with E-state index in [0.29, 0.717) is 70.1 Å². The van der Waals surface area contributed by atoms with Crippen molar-refractivity contribution in [2.45, 2.75) is 64.3 Å². The Morgan fingerprint density at radius 3 is 2.34 bits per heavy atom. The molecule has 0 radical (unpaired) electrons. The van der Waals surface area contributed by atoms with E-state index in [1.165, 1.54) is 25.7 Å². The molecular formula is C20H38N6O3. The summed E-state index contributed by atoms with van der Waals surface area (Å²) in [4.78, 5) is 13.4. The molecule has 1 heterocycles. The minimum Gasteiger partial charge on any atom is -0.463 e. The van der Waals surface area contributed by atoms with Gasteiger partial charge in [0.1, 0.15) is 0 Å². The quantitative estimate of drug-likeness (QED) is 0.296. The van der Waals surface area contributed by atoms with Crippen molar-refractivity contribution in [1.82, 2.24) is 15.0 Å². The third kappa shape index (κ3) is 10.6. The highest BCUT2D eigenvalue weighted by Crippen LogP contribution is 2.21. The van der Waals surface area contributed by atoms with Gasteiger partial charge in [-0.15, -0.1) is 0 Å². The summed E-state index contributed by atoms with van der Waals surface area (Å²) in [6, 6.07) is 0.774. The lowest BCUT2D eigenvalue weighted by Gasteiger charge is -2.17. The zero-order chi connectivity index (χ0) is 20.6. The van der Waals surface area contributed by atoms with Crippen molar-refractivity contribution in [2.75, 3.05) is 56.8 Å². The van der Waals surface area contributed by atoms with Crippen molar-refractivity contribution in [3.05, 3.63) is 0 Å². The molecule has 4 N–H and O–H groups in total. The van der Waals surface area contributed by atoms with Gasteiger partial charge in [-0.25, -0.2) is 0 Å². The van der Waals surface area contributed by atoms with Crippen molar-refractivity contribution in [2.24, 2.45) is 5.73 Å². The smallest absolute Gasteiger partial charge is 0.323 e. The van der Waals surface area contributed by atoms with E-state index in [-0.39, 0.29) is 0 Å². The summed E-state index contributed by atoms with van der Waals surface area (Å²) in [6.07, 6.45) is 9.46. The largest absolute Gasteiger partial charge is 0.463 e. The van der Waals surface area contributed by atoms with E-state index >= 15 is 0 Å². The van der Waals surface area contributed by atoms with Crippen molar-refractivity contribution >= 4 is 11.9 Å². The highest BCUT2D eigenvalue weighted by molar-refractivity contribution is 5.36. The van der Waals surface area contributed by atoms with E-state index in [2.05, 4.69) is 32.5 Å². The van der Waals surface area contributed by atoms with E-state index in [1.54, 1.807) is 0 Å². The molecule has 0 aromatic carbocycles. The molecule has 0 unspecified atom stereocenters. The predicted molar refractivity (Wildman–Crippen MR) is 115 cm³/mol. The van der Waals surface area contributed by atoms with Crippen LogP contribution in [0.4, 0.5) is 11.9 Å². The van der Waals surface area contributed by atoms with Gasteiger partial charge in [0.25, 0.3) is 0 Å². The van der Waals surface area contributed by atoms with E-state index < -0.39 is 0 Å². The topological polar surface area (TPSA) is 116 Å². The molecule has 166 valence electrons. The second kappa shape index (κ2) is 15.2. The van der Waals surface area contributed by atoms with E-state index in [9.17, 15) is 0 Å². The molecule has 1 fully saturated rings. The highest BCUT2D eigenvalue weighted by Gasteiger charge is 2.15. The first kappa shape index (κ1) is 23.6. The molecule has 0 atom stereocenters. The lowest BCUT2D eigenvalue weighted by atomic mass is 10.1. The first-order valence-electron chi connectivity index (χ1n) is 11.1. The van der Waals surface area contributed by atoms with Crippen LogP contribution < -0.4 is 21.1 Å². The Morgan fingerprint density at radius 2 is 1.62 bits per heavy atom. The van der Waals surface area contributed by atoms with Gasteiger partial charge in [-0.2, -0.15) is 15.0 Å². The van der Waals surface area contributed by atoms with Crippen LogP contribution in [0.2, 0.25) is 0 Å². The van der Waals surface area contributed by atoms with Gasteiger partial charge in [0.2, 0.25) is 11.9 Å². The molecule has 0 aliphatic heterocycles. The third-order valence-corrected chi connectivity index (χ3v) is 4.70. The summed E-state index contributed by atoms with van der Waals surface area (Å²) in [7, 11) is 0. The summed E-state index contributed by atoms with van der Waals surface area (Å²) in [6.45, 7) is 6.04. The maximum Gasteiger partial charge on any atom is 0.323 e. The molecule has 1 aliphatic rings. The van der Waals surface area contributed by atoms with Crippen molar-refractivity contribution in [3.63, 3.8) is 0 Å². The summed E-state index contributed by atoms with van der Waals surface area (Å²) in [5.74, 6) is 1.09. The van der Waals surface area contributed by atoms with Gasteiger partial charge in [0, 0.05) is 19.1 Å². The standard InChI is InChI=1S/C20H38N6O3/c1-2-3-12-29-20-25-18(22-11-14-28-16-15-27-13-10-21)24-19(26-20)23-17-8-6-4-5-7-9-17/h17H,2-16,21H2,1H3,(H2,22,23,24,25,26). The second-order valence-corrected chi connectivity index (χ2v) is 7.24. The fraction of sp³-hybridized carbons (Fsp3) is 0.850. The number of unbranched alkanes of at least 4 members (excludes halogenated alkanes) is 1. The molecule has 2 rings (SSSR count). The molecular weight excluding hydrogens is 372 g/mol. The fourth-order valence-electron chi connectivity index (χ4n) is 3.12. The van der Waals surface area contributed by atoms with Crippen LogP contribution in [-0.2, 0) is 9.47 Å². The molecule has 29 heavy (non-hydrogen) atoms. The Morgan fingerprint density at radius 1 is 0.897 bits per heavy atom. The molecule has 1 aromatic rings. The maximum absolute atomic E-state index is 5.72. The maximum atomic E-state index is 5.72. The van der Waals surface area contributed by atoms with Gasteiger partial charge in [0.15, 0.2) is 0 Å². The molecule has 1 aliphatic carbocycles. The number of anilines is 2. The van der Waals surface area contributed by atoms with E-state index in [0.717, 1.165) is 25.7 Å². The van der Waals surface area contributed by atoms with Crippen molar-refractivity contribution < 1.29 is 14.2 Å². The van der Waals surface area contributed by atoms with Gasteiger partial charge >= 0.3 is 6.01 Å².